The first-order valence-corrected chi connectivity index (χ1v) is 25.7. The number of nitrogens with zero attached hydrogens (tertiary/aromatic N) is 6. The Morgan fingerprint density at radius 2 is 0.972 bits per heavy atom. The lowest BCUT2D eigenvalue weighted by atomic mass is 9.94. The molecule has 6 heterocycles. The second kappa shape index (κ2) is 20.4. The predicted molar refractivity (Wildman–Crippen MR) is 269 cm³/mol. The van der Waals surface area contributed by atoms with Crippen LogP contribution in [0.2, 0.25) is 0 Å². The molecule has 4 aliphatic heterocycles. The Balaban J connectivity index is 1.22. The number of fused-ring (bicyclic) bond motifs is 8. The van der Waals surface area contributed by atoms with Gasteiger partial charge in [0.05, 0.1) is 22.4 Å². The van der Waals surface area contributed by atoms with Crippen molar-refractivity contribution in [2.24, 2.45) is 0 Å². The van der Waals surface area contributed by atoms with Crippen LogP contribution in [0.15, 0.2) is 36.4 Å². The summed E-state index contributed by atoms with van der Waals surface area (Å²) in [5.41, 5.74) is 3.41. The number of rotatable bonds is 6. The van der Waals surface area contributed by atoms with Crippen molar-refractivity contribution in [1.29, 1.82) is 0 Å². The van der Waals surface area contributed by atoms with Crippen LogP contribution in [0.3, 0.4) is 0 Å². The number of aromatic nitrogens is 2. The first-order chi connectivity index (χ1) is 33.9. The van der Waals surface area contributed by atoms with Crippen LogP contribution in [0.5, 0.6) is 0 Å². The molecule has 16 nitrogen and oxygen atoms in total. The maximum absolute atomic E-state index is 15.3. The second-order valence-electron chi connectivity index (χ2n) is 22.3. The van der Waals surface area contributed by atoms with Crippen molar-refractivity contribution in [1.82, 2.24) is 39.4 Å². The van der Waals surface area contributed by atoms with Gasteiger partial charge in [-0.05, 0) is 154 Å². The van der Waals surface area contributed by atoms with Crippen molar-refractivity contribution in [3.63, 3.8) is 0 Å². The lowest BCUT2D eigenvalue weighted by Crippen LogP contribution is -2.55. The smallest absolute Gasteiger partial charge is 0.410 e. The third-order valence-corrected chi connectivity index (χ3v) is 15.0. The summed E-state index contributed by atoms with van der Waals surface area (Å²) in [7, 11) is 2.94. The molecule has 6 amide bonds. The third-order valence-electron chi connectivity index (χ3n) is 15.0. The number of likely N-dealkylation sites (N-methyl/N-ethyl adjacent to an activating group) is 2. The van der Waals surface area contributed by atoms with Gasteiger partial charge in [-0.15, -0.1) is 0 Å². The van der Waals surface area contributed by atoms with Crippen LogP contribution in [0.1, 0.15) is 118 Å². The van der Waals surface area contributed by atoms with Crippen LogP contribution in [-0.2, 0) is 54.6 Å². The van der Waals surface area contributed by atoms with Gasteiger partial charge in [-0.3, -0.25) is 29.0 Å². The maximum atomic E-state index is 15.3. The van der Waals surface area contributed by atoms with Gasteiger partial charge in [-0.1, -0.05) is 12.8 Å². The van der Waals surface area contributed by atoms with Crippen LogP contribution < -0.4 is 10.6 Å². The lowest BCUT2D eigenvalue weighted by Gasteiger charge is -2.33. The van der Waals surface area contributed by atoms with E-state index >= 15 is 18.4 Å². The van der Waals surface area contributed by atoms with Crippen molar-refractivity contribution in [3.8, 4) is 11.4 Å². The van der Waals surface area contributed by atoms with E-state index in [1.807, 2.05) is 9.80 Å². The van der Waals surface area contributed by atoms with Gasteiger partial charge in [0.1, 0.15) is 47.0 Å². The average Bonchev–Trinajstić information content (AvgIpc) is 4.11. The average molecular weight is 999 g/mol. The number of aryl methyl sites for hydroxylation is 2. The van der Waals surface area contributed by atoms with Gasteiger partial charge in [-0.2, -0.15) is 0 Å². The third kappa shape index (κ3) is 10.6. The summed E-state index contributed by atoms with van der Waals surface area (Å²) in [6.07, 6.45) is 3.41. The molecule has 18 heteroatoms. The van der Waals surface area contributed by atoms with E-state index in [1.165, 1.54) is 36.0 Å². The predicted octanol–water partition coefficient (Wildman–Crippen LogP) is 7.68. The SMILES string of the molecule is C[C@@H](C(=O)NC1CCCC[C@H](NC(=O)[C@H](C)N(C)C(=O)OC(C)(C)C)C(=O)N2CCC[C@H]2Cc2c3n(c4cc(F)ccc24)CCn2c-3c(c3ccc(F)cc32)C[C@@H]2CCCN2C1=O)N(C)C(=O)OC(C)(C)C. The molecular formula is C54H72F2N8O8. The molecule has 0 spiro atoms. The number of ether oxygens (including phenoxy) is 2. The highest BCUT2D eigenvalue weighted by Gasteiger charge is 2.41. The molecule has 72 heavy (non-hydrogen) atoms. The summed E-state index contributed by atoms with van der Waals surface area (Å²) in [6, 6.07) is 4.98. The lowest BCUT2D eigenvalue weighted by molar-refractivity contribution is -0.138. The summed E-state index contributed by atoms with van der Waals surface area (Å²) in [6.45, 7) is 15.4. The van der Waals surface area contributed by atoms with Crippen molar-refractivity contribution in [3.05, 3.63) is 59.2 Å². The van der Waals surface area contributed by atoms with E-state index in [-0.39, 0.29) is 48.4 Å². The minimum absolute atomic E-state index is 0.194. The van der Waals surface area contributed by atoms with E-state index in [4.69, 9.17) is 9.47 Å². The minimum atomic E-state index is -1.02. The van der Waals surface area contributed by atoms with E-state index in [2.05, 4.69) is 19.8 Å². The Hall–Kier alpha value is -6.20. The Morgan fingerprint density at radius 3 is 1.33 bits per heavy atom. The fourth-order valence-corrected chi connectivity index (χ4v) is 11.1. The highest BCUT2D eigenvalue weighted by Crippen LogP contribution is 2.45. The monoisotopic (exact) mass is 999 g/mol. The van der Waals surface area contributed by atoms with Gasteiger partial charge in [-0.25, -0.2) is 18.4 Å². The van der Waals surface area contributed by atoms with Crippen molar-refractivity contribution < 1.29 is 47.0 Å². The minimum Gasteiger partial charge on any atom is -0.444 e. The van der Waals surface area contributed by atoms with Crippen LogP contribution in [0.4, 0.5) is 18.4 Å². The van der Waals surface area contributed by atoms with Crippen LogP contribution in [0, 0.1) is 11.6 Å². The molecule has 4 aliphatic rings. The van der Waals surface area contributed by atoms with Gasteiger partial charge in [0.15, 0.2) is 0 Å². The highest BCUT2D eigenvalue weighted by atomic mass is 19.1. The fourth-order valence-electron chi connectivity index (χ4n) is 11.1. The van der Waals surface area contributed by atoms with E-state index < -0.39 is 59.4 Å². The molecule has 0 saturated carbocycles. The maximum Gasteiger partial charge on any atom is 0.410 e. The molecule has 2 fully saturated rings. The standard InChI is InChI=1S/C54H72F2N8O8/c1-31(59(9)51(69)71-53(3,4)5)47(65)57-41-17-11-12-18-42(58-48(66)32(2)60(10)52(70)72-54(6,7)8)50(68)62-24-14-16-36(62)30-40-38-22-20-34(56)28-44(38)64-26-25-63-43-27-33(55)19-21-37(43)39(45(63)46(40)64)29-35-15-13-23-61(35)49(41)67/h19-22,27-28,31-32,35-36,41-42H,11-18,23-26,29-30H2,1-10H3,(H,57,65)(H,58,66)/t31-,32-,35-,36-,41-,42?/m0/s1. The second-order valence-corrected chi connectivity index (χ2v) is 22.3. The Bertz CT molecular complexity index is 2590. The molecule has 0 radical (unpaired) electrons. The summed E-state index contributed by atoms with van der Waals surface area (Å²) in [5.74, 6) is -2.43. The van der Waals surface area contributed by atoms with Crippen molar-refractivity contribution >= 4 is 57.6 Å². The molecule has 0 aliphatic carbocycles. The van der Waals surface area contributed by atoms with Crippen LogP contribution in [-0.4, -0.2) is 139 Å². The summed E-state index contributed by atoms with van der Waals surface area (Å²) in [4.78, 5) is 90.8. The first kappa shape index (κ1) is 52.1. The van der Waals surface area contributed by atoms with Gasteiger partial charge < -0.3 is 39.0 Å². The topological polar surface area (TPSA) is 168 Å². The normalized spacial score (nSPS) is 21.8. The summed E-state index contributed by atoms with van der Waals surface area (Å²) in [5, 5.41) is 7.68. The quantitative estimate of drug-likeness (QED) is 0.199. The molecule has 4 aromatic rings. The molecule has 1 unspecified atom stereocenters. The van der Waals surface area contributed by atoms with E-state index in [1.54, 1.807) is 79.7 Å². The van der Waals surface area contributed by atoms with Gasteiger partial charge in [0.25, 0.3) is 0 Å². The number of nitrogens with one attached hydrogen (secondary N) is 2. The van der Waals surface area contributed by atoms with Crippen LogP contribution >= 0.6 is 0 Å². The molecule has 2 N–H and O–H groups in total. The Labute approximate surface area is 420 Å². The molecule has 390 valence electrons. The molecule has 2 aromatic heterocycles. The zero-order chi connectivity index (χ0) is 52.1. The molecule has 2 saturated heterocycles. The van der Waals surface area contributed by atoms with E-state index in [0.717, 1.165) is 33.3 Å². The number of carbonyl (C=O) groups is 6. The van der Waals surface area contributed by atoms with Gasteiger partial charge >= 0.3 is 12.2 Å². The number of hydrogen-bond acceptors (Lipinski definition) is 8. The summed E-state index contributed by atoms with van der Waals surface area (Å²) < 4.78 is 46.0. The Kier molecular flexibility index (Phi) is 14.7. The molecule has 0 bridgehead atoms. The van der Waals surface area contributed by atoms with Gasteiger partial charge in [0, 0.05) is 63.1 Å². The number of amides is 6. The molecular weight excluding hydrogens is 927 g/mol. The molecule has 2 aromatic carbocycles. The number of hydrogen-bond donors (Lipinski definition) is 2. The van der Waals surface area contributed by atoms with E-state index in [9.17, 15) is 19.2 Å². The van der Waals surface area contributed by atoms with Gasteiger partial charge in [0.2, 0.25) is 23.6 Å². The van der Waals surface area contributed by atoms with Crippen molar-refractivity contribution in [2.45, 2.75) is 180 Å². The highest BCUT2D eigenvalue weighted by molar-refractivity contribution is 5.99. The number of halogens is 2. The zero-order valence-corrected chi connectivity index (χ0v) is 43.5. The summed E-state index contributed by atoms with van der Waals surface area (Å²) >= 11 is 0. The molecule has 8 rings (SSSR count). The van der Waals surface area contributed by atoms with E-state index in [0.29, 0.717) is 88.6 Å². The largest absolute Gasteiger partial charge is 0.444 e. The Morgan fingerprint density at radius 1 is 0.597 bits per heavy atom. The first-order valence-electron chi connectivity index (χ1n) is 25.7. The number of carbonyl (C=O) groups excluding carboxylic acids is 6. The van der Waals surface area contributed by atoms with Crippen LogP contribution in [0.25, 0.3) is 33.2 Å². The van der Waals surface area contributed by atoms with Crippen molar-refractivity contribution in [2.75, 3.05) is 27.2 Å². The fraction of sp³-hybridized carbons (Fsp3) is 0.593. The molecule has 6 atom stereocenters. The number of benzene rings is 2. The zero-order valence-electron chi connectivity index (χ0n) is 43.5.